The Kier molecular flexibility index (Phi) is 6.83. The Bertz CT molecular complexity index is 759. The number of methoxy groups -OCH3 is 1. The predicted molar refractivity (Wildman–Crippen MR) is 110 cm³/mol. The van der Waals surface area contributed by atoms with E-state index in [0.29, 0.717) is 32.8 Å². The first kappa shape index (κ1) is 20.5. The summed E-state index contributed by atoms with van der Waals surface area (Å²) in [4.78, 5) is 14.8. The summed E-state index contributed by atoms with van der Waals surface area (Å²) >= 11 is 0. The first-order valence-electron chi connectivity index (χ1n) is 9.73. The normalized spacial score (nSPS) is 19.3. The highest BCUT2D eigenvalue weighted by molar-refractivity contribution is 5.78. The second-order valence-electron chi connectivity index (χ2n) is 7.93. The summed E-state index contributed by atoms with van der Waals surface area (Å²) in [7, 11) is 1.68. The zero-order chi connectivity index (χ0) is 20.0. The molecule has 1 fully saturated rings. The van der Waals surface area contributed by atoms with Crippen molar-refractivity contribution < 1.29 is 14.3 Å². The van der Waals surface area contributed by atoms with E-state index in [1.54, 1.807) is 7.11 Å². The molecule has 3 rings (SSSR count). The predicted octanol–water partition coefficient (Wildman–Crippen LogP) is 3.30. The zero-order valence-electron chi connectivity index (χ0n) is 17.0. The summed E-state index contributed by atoms with van der Waals surface area (Å²) in [5.74, 6) is 0.0303. The lowest BCUT2D eigenvalue weighted by Crippen LogP contribution is -2.56. The summed E-state index contributed by atoms with van der Waals surface area (Å²) in [5, 5.41) is 3.04. The molecule has 0 radical (unpaired) electrons. The van der Waals surface area contributed by atoms with Crippen molar-refractivity contribution in [2.75, 3.05) is 26.8 Å². The second kappa shape index (κ2) is 9.32. The third-order valence-electron chi connectivity index (χ3n) is 5.21. The summed E-state index contributed by atoms with van der Waals surface area (Å²) in [6.45, 7) is 7.03. The van der Waals surface area contributed by atoms with E-state index in [2.05, 4.69) is 36.2 Å². The Balaban J connectivity index is 1.55. The molecule has 150 valence electrons. The third kappa shape index (κ3) is 5.41. The van der Waals surface area contributed by atoms with Crippen molar-refractivity contribution in [2.45, 2.75) is 38.6 Å². The van der Waals surface area contributed by atoms with Crippen LogP contribution in [0, 0.1) is 0 Å². The smallest absolute Gasteiger partial charge is 0.234 e. The average Bonchev–Trinajstić information content (AvgIpc) is 2.70. The highest BCUT2D eigenvalue weighted by atomic mass is 16.5. The van der Waals surface area contributed by atoms with Crippen molar-refractivity contribution in [3.05, 3.63) is 71.3 Å². The van der Waals surface area contributed by atoms with Crippen LogP contribution in [-0.2, 0) is 27.4 Å². The molecule has 0 bridgehead atoms. The average molecular weight is 383 g/mol. The molecule has 1 N–H and O–H groups in total. The minimum Gasteiger partial charge on any atom is -0.380 e. The molecule has 0 saturated carbocycles. The molecule has 0 spiro atoms. The van der Waals surface area contributed by atoms with E-state index in [-0.39, 0.29) is 17.6 Å². The van der Waals surface area contributed by atoms with Crippen LogP contribution in [0.3, 0.4) is 0 Å². The third-order valence-corrected chi connectivity index (χ3v) is 5.21. The summed E-state index contributed by atoms with van der Waals surface area (Å²) in [5.41, 5.74) is 3.18. The Labute approximate surface area is 167 Å². The number of carbonyl (C=O) groups excluding carboxylic acids is 1. The number of rotatable bonds is 7. The van der Waals surface area contributed by atoms with Crippen LogP contribution in [0.1, 0.15) is 36.6 Å². The number of amides is 1. The molecule has 28 heavy (non-hydrogen) atoms. The van der Waals surface area contributed by atoms with Crippen LogP contribution in [0.25, 0.3) is 0 Å². The van der Waals surface area contributed by atoms with E-state index in [1.165, 1.54) is 0 Å². The molecule has 1 aliphatic rings. The first-order chi connectivity index (χ1) is 13.5. The lowest BCUT2D eigenvalue weighted by Gasteiger charge is -2.45. The fraction of sp³-hybridized carbons (Fsp3) is 0.435. The standard InChI is InChI=1S/C23H30N2O3/c1-23(2)17-28-21(20-7-5-4-6-8-20)14-25(23)15-22(26)24-13-18-9-11-19(12-10-18)16-27-3/h4-12,21H,13-17H2,1-3H3,(H,24,26). The van der Waals surface area contributed by atoms with Crippen molar-refractivity contribution in [2.24, 2.45) is 0 Å². The summed E-state index contributed by atoms with van der Waals surface area (Å²) < 4.78 is 11.2. The van der Waals surface area contributed by atoms with E-state index >= 15 is 0 Å². The lowest BCUT2D eigenvalue weighted by atomic mass is 9.98. The largest absolute Gasteiger partial charge is 0.380 e. The Morgan fingerprint density at radius 2 is 1.82 bits per heavy atom. The van der Waals surface area contributed by atoms with Crippen LogP contribution in [0.5, 0.6) is 0 Å². The van der Waals surface area contributed by atoms with Gasteiger partial charge in [0.2, 0.25) is 5.91 Å². The van der Waals surface area contributed by atoms with Gasteiger partial charge in [0.05, 0.1) is 25.9 Å². The number of ether oxygens (including phenoxy) is 2. The zero-order valence-corrected chi connectivity index (χ0v) is 17.0. The molecule has 1 saturated heterocycles. The van der Waals surface area contributed by atoms with Gasteiger partial charge in [-0.15, -0.1) is 0 Å². The highest BCUT2D eigenvalue weighted by Gasteiger charge is 2.36. The quantitative estimate of drug-likeness (QED) is 0.798. The van der Waals surface area contributed by atoms with Crippen LogP contribution in [-0.4, -0.2) is 43.2 Å². The van der Waals surface area contributed by atoms with Gasteiger partial charge in [-0.25, -0.2) is 0 Å². The molecule has 1 unspecified atom stereocenters. The van der Waals surface area contributed by atoms with Crippen molar-refractivity contribution in [1.82, 2.24) is 10.2 Å². The van der Waals surface area contributed by atoms with E-state index in [0.717, 1.165) is 16.7 Å². The van der Waals surface area contributed by atoms with Crippen LogP contribution in [0.2, 0.25) is 0 Å². The maximum Gasteiger partial charge on any atom is 0.234 e. The molecule has 1 amide bonds. The number of hydrogen-bond acceptors (Lipinski definition) is 4. The maximum atomic E-state index is 12.6. The summed E-state index contributed by atoms with van der Waals surface area (Å²) in [6, 6.07) is 18.3. The molecular weight excluding hydrogens is 352 g/mol. The monoisotopic (exact) mass is 382 g/mol. The number of hydrogen-bond donors (Lipinski definition) is 1. The van der Waals surface area contributed by atoms with Crippen LogP contribution < -0.4 is 5.32 Å². The maximum absolute atomic E-state index is 12.6. The van der Waals surface area contributed by atoms with E-state index in [4.69, 9.17) is 9.47 Å². The van der Waals surface area contributed by atoms with Crippen LogP contribution in [0.4, 0.5) is 0 Å². The summed E-state index contributed by atoms with van der Waals surface area (Å²) in [6.07, 6.45) is -0.00430. The molecule has 1 atom stereocenters. The Hall–Kier alpha value is -2.21. The first-order valence-corrected chi connectivity index (χ1v) is 9.73. The fourth-order valence-electron chi connectivity index (χ4n) is 3.39. The Morgan fingerprint density at radius 1 is 1.14 bits per heavy atom. The van der Waals surface area contributed by atoms with Gasteiger partial charge in [0.15, 0.2) is 0 Å². The number of morpholine rings is 1. The van der Waals surface area contributed by atoms with Crippen LogP contribution >= 0.6 is 0 Å². The molecule has 2 aromatic rings. The SMILES string of the molecule is COCc1ccc(CNC(=O)CN2CC(c3ccccc3)OCC2(C)C)cc1. The molecule has 5 nitrogen and oxygen atoms in total. The molecule has 1 aliphatic heterocycles. The van der Waals surface area contributed by atoms with Crippen LogP contribution in [0.15, 0.2) is 54.6 Å². The minimum atomic E-state index is -0.176. The number of nitrogens with one attached hydrogen (secondary N) is 1. The van der Waals surface area contributed by atoms with Crippen molar-refractivity contribution in [3.63, 3.8) is 0 Å². The molecule has 2 aromatic carbocycles. The van der Waals surface area contributed by atoms with Gasteiger partial charge in [-0.3, -0.25) is 9.69 Å². The molecular formula is C23H30N2O3. The van der Waals surface area contributed by atoms with E-state index < -0.39 is 0 Å². The number of nitrogens with zero attached hydrogens (tertiary/aromatic N) is 1. The Morgan fingerprint density at radius 3 is 2.50 bits per heavy atom. The van der Waals surface area contributed by atoms with E-state index in [9.17, 15) is 4.79 Å². The van der Waals surface area contributed by atoms with Gasteiger partial charge in [0, 0.05) is 25.7 Å². The topological polar surface area (TPSA) is 50.8 Å². The number of benzene rings is 2. The molecule has 5 heteroatoms. The molecule has 1 heterocycles. The van der Waals surface area contributed by atoms with Crippen molar-refractivity contribution in [1.29, 1.82) is 0 Å². The van der Waals surface area contributed by atoms with Gasteiger partial charge >= 0.3 is 0 Å². The van der Waals surface area contributed by atoms with Gasteiger partial charge < -0.3 is 14.8 Å². The molecule has 0 aromatic heterocycles. The number of carbonyl (C=O) groups is 1. The van der Waals surface area contributed by atoms with E-state index in [1.807, 2.05) is 42.5 Å². The van der Waals surface area contributed by atoms with Gasteiger partial charge in [-0.1, -0.05) is 54.6 Å². The fourth-order valence-corrected chi connectivity index (χ4v) is 3.39. The van der Waals surface area contributed by atoms with Gasteiger partial charge in [-0.05, 0) is 30.5 Å². The highest BCUT2D eigenvalue weighted by Crippen LogP contribution is 2.29. The second-order valence-corrected chi connectivity index (χ2v) is 7.93. The minimum absolute atomic E-state index is 0.00430. The van der Waals surface area contributed by atoms with Gasteiger partial charge in [0.1, 0.15) is 0 Å². The van der Waals surface area contributed by atoms with Gasteiger partial charge in [0.25, 0.3) is 0 Å². The van der Waals surface area contributed by atoms with Crippen molar-refractivity contribution in [3.8, 4) is 0 Å². The van der Waals surface area contributed by atoms with Gasteiger partial charge in [-0.2, -0.15) is 0 Å². The lowest BCUT2D eigenvalue weighted by molar-refractivity contribution is -0.133. The van der Waals surface area contributed by atoms with Crippen molar-refractivity contribution >= 4 is 5.91 Å². The molecule has 0 aliphatic carbocycles.